The normalized spacial score (nSPS) is 21.0. The number of nitrogens with zero attached hydrogens (tertiary/aromatic N) is 2. The van der Waals surface area contributed by atoms with Gasteiger partial charge >= 0.3 is 0 Å². The quantitative estimate of drug-likeness (QED) is 0.757. The van der Waals surface area contributed by atoms with Crippen molar-refractivity contribution < 1.29 is 4.79 Å². The highest BCUT2D eigenvalue weighted by Gasteiger charge is 2.41. The Labute approximate surface area is 127 Å². The first-order chi connectivity index (χ1) is 9.53. The Hall–Kier alpha value is -0.680. The van der Waals surface area contributed by atoms with Crippen molar-refractivity contribution in [2.75, 3.05) is 32.7 Å². The van der Waals surface area contributed by atoms with Gasteiger partial charge in [-0.3, -0.25) is 9.69 Å². The lowest BCUT2D eigenvalue weighted by atomic mass is 9.80. The first-order valence-electron chi connectivity index (χ1n) is 7.85. The van der Waals surface area contributed by atoms with E-state index in [0.29, 0.717) is 17.8 Å². The Balaban J connectivity index is 1.93. The molecule has 1 heterocycles. The van der Waals surface area contributed by atoms with Crippen molar-refractivity contribution in [3.05, 3.63) is 0 Å². The third-order valence-corrected chi connectivity index (χ3v) is 5.35. The first-order valence-corrected chi connectivity index (χ1v) is 8.26. The Kier molecular flexibility index (Phi) is 5.02. The number of carbonyl (C=O) groups is 1. The van der Waals surface area contributed by atoms with E-state index in [4.69, 9.17) is 18.0 Å². The van der Waals surface area contributed by atoms with Crippen LogP contribution in [0.4, 0.5) is 0 Å². The van der Waals surface area contributed by atoms with Crippen LogP contribution in [0.5, 0.6) is 0 Å². The average molecular weight is 297 g/mol. The number of amides is 1. The van der Waals surface area contributed by atoms with E-state index in [9.17, 15) is 4.79 Å². The van der Waals surface area contributed by atoms with E-state index in [1.807, 2.05) is 18.7 Å². The fourth-order valence-corrected chi connectivity index (χ4v) is 3.48. The molecule has 2 N–H and O–H groups in total. The van der Waals surface area contributed by atoms with Gasteiger partial charge in [-0.2, -0.15) is 0 Å². The van der Waals surface area contributed by atoms with Gasteiger partial charge in [-0.05, 0) is 31.6 Å². The van der Waals surface area contributed by atoms with Crippen LogP contribution in [0.2, 0.25) is 0 Å². The third kappa shape index (κ3) is 3.14. The minimum Gasteiger partial charge on any atom is -0.392 e. The smallest absolute Gasteiger partial charge is 0.235 e. The Morgan fingerprint density at radius 1 is 1.20 bits per heavy atom. The summed E-state index contributed by atoms with van der Waals surface area (Å²) in [7, 11) is 0. The molecule has 1 amide bonds. The second-order valence-corrected chi connectivity index (χ2v) is 6.63. The molecule has 0 bridgehead atoms. The van der Waals surface area contributed by atoms with E-state index in [2.05, 4.69) is 4.90 Å². The zero-order chi connectivity index (χ0) is 14.8. The Morgan fingerprint density at radius 3 is 2.15 bits per heavy atom. The summed E-state index contributed by atoms with van der Waals surface area (Å²) in [5.74, 6) is 1.06. The maximum absolute atomic E-state index is 12.8. The molecule has 2 fully saturated rings. The molecule has 2 aliphatic rings. The van der Waals surface area contributed by atoms with E-state index in [-0.39, 0.29) is 5.91 Å². The van der Waals surface area contributed by atoms with Gasteiger partial charge in [0.1, 0.15) is 0 Å². The first kappa shape index (κ1) is 15.7. The molecule has 0 radical (unpaired) electrons. The highest BCUT2D eigenvalue weighted by Crippen LogP contribution is 2.32. The fraction of sp³-hybridized carbons (Fsp3) is 0.867. The van der Waals surface area contributed by atoms with E-state index in [1.54, 1.807) is 0 Å². The van der Waals surface area contributed by atoms with Gasteiger partial charge in [0.15, 0.2) is 0 Å². The van der Waals surface area contributed by atoms with Gasteiger partial charge in [-0.25, -0.2) is 0 Å². The lowest BCUT2D eigenvalue weighted by molar-refractivity contribution is -0.140. The van der Waals surface area contributed by atoms with Gasteiger partial charge in [-0.15, -0.1) is 0 Å². The second-order valence-electron chi connectivity index (χ2n) is 6.19. The van der Waals surface area contributed by atoms with Crippen LogP contribution < -0.4 is 5.73 Å². The second kappa shape index (κ2) is 6.39. The van der Waals surface area contributed by atoms with Crippen molar-refractivity contribution in [2.45, 2.75) is 39.5 Å². The molecule has 0 aromatic carbocycles. The van der Waals surface area contributed by atoms with E-state index >= 15 is 0 Å². The lowest BCUT2D eigenvalue weighted by Crippen LogP contribution is -2.56. The number of hydrogen-bond acceptors (Lipinski definition) is 3. The van der Waals surface area contributed by atoms with Crippen molar-refractivity contribution in [3.63, 3.8) is 0 Å². The molecule has 0 atom stereocenters. The van der Waals surface area contributed by atoms with Crippen molar-refractivity contribution in [2.24, 2.45) is 17.1 Å². The van der Waals surface area contributed by atoms with Gasteiger partial charge < -0.3 is 10.6 Å². The minimum atomic E-state index is -0.631. The van der Waals surface area contributed by atoms with Crippen LogP contribution in [-0.2, 0) is 4.79 Å². The van der Waals surface area contributed by atoms with Gasteiger partial charge in [0.05, 0.1) is 10.4 Å². The zero-order valence-electron chi connectivity index (χ0n) is 12.7. The van der Waals surface area contributed by atoms with Gasteiger partial charge in [0.2, 0.25) is 5.91 Å². The summed E-state index contributed by atoms with van der Waals surface area (Å²) >= 11 is 5.18. The number of rotatable bonds is 6. The Bertz CT molecular complexity index is 369. The number of hydrogen-bond donors (Lipinski definition) is 1. The minimum absolute atomic E-state index is 0.140. The molecule has 4 nitrogen and oxygen atoms in total. The lowest BCUT2D eigenvalue weighted by Gasteiger charge is -2.40. The molecule has 0 unspecified atom stereocenters. The fourth-order valence-electron chi connectivity index (χ4n) is 3.11. The van der Waals surface area contributed by atoms with Gasteiger partial charge in [0, 0.05) is 32.7 Å². The maximum Gasteiger partial charge on any atom is 0.235 e. The van der Waals surface area contributed by atoms with Crippen molar-refractivity contribution in [1.82, 2.24) is 9.80 Å². The van der Waals surface area contributed by atoms with Gasteiger partial charge in [-0.1, -0.05) is 26.1 Å². The number of piperazine rings is 1. The molecule has 1 saturated heterocycles. The molecule has 0 aromatic heterocycles. The summed E-state index contributed by atoms with van der Waals surface area (Å²) in [5.41, 5.74) is 5.24. The molecule has 0 aromatic rings. The summed E-state index contributed by atoms with van der Waals surface area (Å²) in [5, 5.41) is 0. The standard InChI is InChI=1S/C15H27N3OS/c1-3-15(4-2,13(16)20)14(19)18-9-7-17(8-10-18)11-12-5-6-12/h12H,3-11H2,1-2H3,(H2,16,20). The molecule has 1 aliphatic heterocycles. The van der Waals surface area contributed by atoms with Crippen molar-refractivity contribution >= 4 is 23.1 Å². The summed E-state index contributed by atoms with van der Waals surface area (Å²) in [6.07, 6.45) is 4.16. The zero-order valence-corrected chi connectivity index (χ0v) is 13.5. The molecule has 0 spiro atoms. The van der Waals surface area contributed by atoms with Crippen molar-refractivity contribution in [3.8, 4) is 0 Å². The van der Waals surface area contributed by atoms with E-state index in [1.165, 1.54) is 19.4 Å². The van der Waals surface area contributed by atoms with Crippen LogP contribution in [0.25, 0.3) is 0 Å². The maximum atomic E-state index is 12.8. The molecular weight excluding hydrogens is 270 g/mol. The van der Waals surface area contributed by atoms with Crippen LogP contribution in [0.3, 0.4) is 0 Å². The van der Waals surface area contributed by atoms with E-state index < -0.39 is 5.41 Å². The van der Waals surface area contributed by atoms with Crippen LogP contribution in [-0.4, -0.2) is 53.4 Å². The highest BCUT2D eigenvalue weighted by atomic mass is 32.1. The van der Waals surface area contributed by atoms with Crippen LogP contribution in [0, 0.1) is 11.3 Å². The van der Waals surface area contributed by atoms with Crippen LogP contribution >= 0.6 is 12.2 Å². The summed E-state index contributed by atoms with van der Waals surface area (Å²) in [4.78, 5) is 17.6. The summed E-state index contributed by atoms with van der Waals surface area (Å²) in [6.45, 7) is 8.83. The molecular formula is C15H27N3OS. The molecule has 114 valence electrons. The molecule has 2 rings (SSSR count). The predicted octanol–water partition coefficient (Wildman–Crippen LogP) is 1.63. The topological polar surface area (TPSA) is 49.6 Å². The summed E-state index contributed by atoms with van der Waals surface area (Å²) in [6, 6.07) is 0. The molecule has 1 aliphatic carbocycles. The highest BCUT2D eigenvalue weighted by molar-refractivity contribution is 7.80. The molecule has 20 heavy (non-hydrogen) atoms. The molecule has 5 heteroatoms. The van der Waals surface area contributed by atoms with Crippen molar-refractivity contribution in [1.29, 1.82) is 0 Å². The van der Waals surface area contributed by atoms with Crippen LogP contribution in [0.15, 0.2) is 0 Å². The predicted molar refractivity (Wildman–Crippen MR) is 85.5 cm³/mol. The van der Waals surface area contributed by atoms with E-state index in [0.717, 1.165) is 32.1 Å². The number of nitrogens with two attached hydrogens (primary N) is 1. The van der Waals surface area contributed by atoms with Crippen LogP contribution in [0.1, 0.15) is 39.5 Å². The average Bonchev–Trinajstić information content (AvgIpc) is 3.25. The number of carbonyl (C=O) groups excluding carboxylic acids is 1. The largest absolute Gasteiger partial charge is 0.392 e. The SMILES string of the molecule is CCC(CC)(C(=O)N1CCN(CC2CC2)CC1)C(N)=S. The number of thiocarbonyl (C=S) groups is 1. The third-order valence-electron chi connectivity index (χ3n) is 4.96. The van der Waals surface area contributed by atoms with Gasteiger partial charge in [0.25, 0.3) is 0 Å². The Morgan fingerprint density at radius 2 is 1.75 bits per heavy atom. The molecule has 1 saturated carbocycles. The monoisotopic (exact) mass is 297 g/mol. The summed E-state index contributed by atoms with van der Waals surface area (Å²) < 4.78 is 0.